The molecule has 0 atom stereocenters. The molecule has 4 nitrogen and oxygen atoms in total. The Morgan fingerprint density at radius 1 is 1.47 bits per heavy atom. The van der Waals surface area contributed by atoms with Crippen LogP contribution in [-0.4, -0.2) is 25.9 Å². The summed E-state index contributed by atoms with van der Waals surface area (Å²) in [6.07, 6.45) is 0. The molecule has 2 N–H and O–H groups in total. The molecule has 1 aromatic rings. The van der Waals surface area contributed by atoms with Crippen LogP contribution in [0.1, 0.15) is 12.5 Å². The predicted molar refractivity (Wildman–Crippen MR) is 68.5 cm³/mol. The number of aliphatic hydroxyl groups is 1. The largest absolute Gasteiger partial charge is 0.384 e. The first-order chi connectivity index (χ1) is 7.98. The van der Waals surface area contributed by atoms with Crippen molar-refractivity contribution in [1.29, 1.82) is 0 Å². The highest BCUT2D eigenvalue weighted by molar-refractivity contribution is 7.92. The quantitative estimate of drug-likeness (QED) is 0.819. The van der Waals surface area contributed by atoms with E-state index in [9.17, 15) is 8.42 Å². The summed E-state index contributed by atoms with van der Waals surface area (Å²) in [6, 6.07) is 4.65. The summed E-state index contributed by atoms with van der Waals surface area (Å²) in [5.74, 6) is 5.06. The van der Waals surface area contributed by atoms with Crippen molar-refractivity contribution in [3.8, 4) is 11.8 Å². The van der Waals surface area contributed by atoms with Crippen LogP contribution in [0.3, 0.4) is 0 Å². The fourth-order valence-electron chi connectivity index (χ4n) is 1.08. The van der Waals surface area contributed by atoms with Gasteiger partial charge in [0.05, 0.1) is 17.0 Å². The van der Waals surface area contributed by atoms with E-state index < -0.39 is 10.0 Å². The standard InChI is InChI=1S/C11H12ClNO3S/c1-2-17(15,16)13-11-6-5-10(12)8-9(11)4-3-7-14/h5-6,8,13-14H,2,7H2,1H3. The van der Waals surface area contributed by atoms with Crippen LogP contribution in [-0.2, 0) is 10.0 Å². The highest BCUT2D eigenvalue weighted by atomic mass is 35.5. The van der Waals surface area contributed by atoms with E-state index in [1.165, 1.54) is 19.1 Å². The van der Waals surface area contributed by atoms with Crippen molar-refractivity contribution in [2.24, 2.45) is 0 Å². The lowest BCUT2D eigenvalue weighted by molar-refractivity contribution is 0.350. The molecule has 0 saturated heterocycles. The summed E-state index contributed by atoms with van der Waals surface area (Å²) in [4.78, 5) is 0. The lowest BCUT2D eigenvalue weighted by Crippen LogP contribution is -2.15. The Morgan fingerprint density at radius 3 is 2.76 bits per heavy atom. The second kappa shape index (κ2) is 5.92. The molecule has 0 bridgehead atoms. The first kappa shape index (κ1) is 13.8. The van der Waals surface area contributed by atoms with Gasteiger partial charge in [0.2, 0.25) is 10.0 Å². The molecule has 0 aliphatic carbocycles. The minimum Gasteiger partial charge on any atom is -0.384 e. The van der Waals surface area contributed by atoms with Gasteiger partial charge in [0.25, 0.3) is 0 Å². The third-order valence-electron chi connectivity index (χ3n) is 1.93. The number of sulfonamides is 1. The Morgan fingerprint density at radius 2 is 2.18 bits per heavy atom. The van der Waals surface area contributed by atoms with Gasteiger partial charge in [-0.05, 0) is 25.1 Å². The van der Waals surface area contributed by atoms with Crippen molar-refractivity contribution in [1.82, 2.24) is 0 Å². The summed E-state index contributed by atoms with van der Waals surface area (Å²) < 4.78 is 25.3. The zero-order chi connectivity index (χ0) is 12.9. The van der Waals surface area contributed by atoms with Gasteiger partial charge in [-0.1, -0.05) is 23.4 Å². The molecule has 1 aromatic carbocycles. The average Bonchev–Trinajstić information content (AvgIpc) is 2.29. The van der Waals surface area contributed by atoms with Crippen molar-refractivity contribution in [3.63, 3.8) is 0 Å². The van der Waals surface area contributed by atoms with Crippen LogP contribution in [0, 0.1) is 11.8 Å². The molecule has 6 heteroatoms. The molecular formula is C11H12ClNO3S. The first-order valence-corrected chi connectivity index (χ1v) is 6.91. The zero-order valence-corrected chi connectivity index (χ0v) is 10.8. The molecule has 0 aromatic heterocycles. The number of nitrogens with one attached hydrogen (secondary N) is 1. The molecular weight excluding hydrogens is 262 g/mol. The van der Waals surface area contributed by atoms with Gasteiger partial charge in [-0.2, -0.15) is 0 Å². The maximum absolute atomic E-state index is 11.4. The van der Waals surface area contributed by atoms with Crippen LogP contribution in [0.2, 0.25) is 5.02 Å². The topological polar surface area (TPSA) is 66.4 Å². The molecule has 0 fully saturated rings. The van der Waals surface area contributed by atoms with Gasteiger partial charge in [-0.3, -0.25) is 4.72 Å². The van der Waals surface area contributed by atoms with Crippen LogP contribution in [0.15, 0.2) is 18.2 Å². The summed E-state index contributed by atoms with van der Waals surface area (Å²) in [7, 11) is -3.36. The molecule has 0 unspecified atom stereocenters. The minimum absolute atomic E-state index is 0.0253. The second-order valence-corrected chi connectivity index (χ2v) is 5.60. The Kier molecular flexibility index (Phi) is 4.82. The molecule has 0 heterocycles. The molecule has 1 rings (SSSR count). The average molecular weight is 274 g/mol. The molecule has 92 valence electrons. The maximum Gasteiger partial charge on any atom is 0.232 e. The van der Waals surface area contributed by atoms with E-state index in [1.807, 2.05) is 0 Å². The van der Waals surface area contributed by atoms with Crippen molar-refractivity contribution < 1.29 is 13.5 Å². The van der Waals surface area contributed by atoms with E-state index in [0.717, 1.165) is 0 Å². The summed E-state index contributed by atoms with van der Waals surface area (Å²) in [5, 5.41) is 9.07. The lowest BCUT2D eigenvalue weighted by Gasteiger charge is -2.08. The van der Waals surface area contributed by atoms with E-state index in [0.29, 0.717) is 16.3 Å². The SMILES string of the molecule is CCS(=O)(=O)Nc1ccc(Cl)cc1C#CCO. The molecule has 0 spiro atoms. The number of hydrogen-bond acceptors (Lipinski definition) is 3. The molecule has 0 radical (unpaired) electrons. The van der Waals surface area contributed by atoms with E-state index in [1.54, 1.807) is 6.07 Å². The van der Waals surface area contributed by atoms with Crippen molar-refractivity contribution in [2.75, 3.05) is 17.1 Å². The Bertz CT molecular complexity index is 558. The smallest absolute Gasteiger partial charge is 0.232 e. The highest BCUT2D eigenvalue weighted by Gasteiger charge is 2.09. The van der Waals surface area contributed by atoms with Crippen LogP contribution < -0.4 is 4.72 Å². The Balaban J connectivity index is 3.15. The summed E-state index contributed by atoms with van der Waals surface area (Å²) in [5.41, 5.74) is 0.792. The molecule has 0 aliphatic heterocycles. The molecule has 0 aliphatic rings. The predicted octanol–water partition coefficient (Wildman–Crippen LogP) is 1.45. The number of rotatable bonds is 3. The fourth-order valence-corrected chi connectivity index (χ4v) is 1.91. The Labute approximate surface area is 106 Å². The number of halogens is 1. The lowest BCUT2D eigenvalue weighted by atomic mass is 10.2. The van der Waals surface area contributed by atoms with Crippen LogP contribution in [0.4, 0.5) is 5.69 Å². The number of aliphatic hydroxyl groups excluding tert-OH is 1. The monoisotopic (exact) mass is 273 g/mol. The number of benzene rings is 1. The van der Waals surface area contributed by atoms with Gasteiger partial charge in [-0.25, -0.2) is 8.42 Å². The third-order valence-corrected chi connectivity index (χ3v) is 3.46. The number of hydrogen-bond donors (Lipinski definition) is 2. The van der Waals surface area contributed by atoms with Crippen LogP contribution in [0.5, 0.6) is 0 Å². The Hall–Kier alpha value is -1.22. The van der Waals surface area contributed by atoms with Gasteiger partial charge >= 0.3 is 0 Å². The van der Waals surface area contributed by atoms with Gasteiger partial charge in [0, 0.05) is 5.02 Å². The second-order valence-electron chi connectivity index (χ2n) is 3.16. The minimum atomic E-state index is -3.36. The van der Waals surface area contributed by atoms with Crippen LogP contribution in [0.25, 0.3) is 0 Å². The van der Waals surface area contributed by atoms with Gasteiger partial charge in [-0.15, -0.1) is 0 Å². The number of anilines is 1. The fraction of sp³-hybridized carbons (Fsp3) is 0.273. The highest BCUT2D eigenvalue weighted by Crippen LogP contribution is 2.20. The third kappa shape index (κ3) is 4.27. The van der Waals surface area contributed by atoms with Crippen LogP contribution >= 0.6 is 11.6 Å². The normalized spacial score (nSPS) is 10.5. The maximum atomic E-state index is 11.4. The summed E-state index contributed by atoms with van der Waals surface area (Å²) >= 11 is 5.79. The molecule has 17 heavy (non-hydrogen) atoms. The van der Waals surface area contributed by atoms with E-state index in [2.05, 4.69) is 16.6 Å². The van der Waals surface area contributed by atoms with Gasteiger partial charge in [0.1, 0.15) is 6.61 Å². The zero-order valence-electron chi connectivity index (χ0n) is 9.20. The van der Waals surface area contributed by atoms with E-state index in [-0.39, 0.29) is 12.4 Å². The van der Waals surface area contributed by atoms with Crippen molar-refractivity contribution in [3.05, 3.63) is 28.8 Å². The molecule has 0 amide bonds. The van der Waals surface area contributed by atoms with Crippen molar-refractivity contribution in [2.45, 2.75) is 6.92 Å². The van der Waals surface area contributed by atoms with Gasteiger partial charge in [0.15, 0.2) is 0 Å². The van der Waals surface area contributed by atoms with E-state index >= 15 is 0 Å². The molecule has 0 saturated carbocycles. The summed E-state index contributed by atoms with van der Waals surface area (Å²) in [6.45, 7) is 1.24. The van der Waals surface area contributed by atoms with Gasteiger partial charge < -0.3 is 5.11 Å². The first-order valence-electron chi connectivity index (χ1n) is 4.88. The van der Waals surface area contributed by atoms with E-state index in [4.69, 9.17) is 16.7 Å². The van der Waals surface area contributed by atoms with Crippen molar-refractivity contribution >= 4 is 27.3 Å².